The molecule has 2 nitrogen and oxygen atoms in total. The second kappa shape index (κ2) is 2.27. The van der Waals surface area contributed by atoms with E-state index in [2.05, 4.69) is 6.08 Å². The summed E-state index contributed by atoms with van der Waals surface area (Å²) < 4.78 is 4.79. The van der Waals surface area contributed by atoms with Crippen LogP contribution in [0.5, 0.6) is 0 Å². The minimum Gasteiger partial charge on any atom is -0.465 e. The summed E-state index contributed by atoms with van der Waals surface area (Å²) in [6.07, 6.45) is 3.08. The van der Waals surface area contributed by atoms with Gasteiger partial charge in [-0.3, -0.25) is 4.79 Å². The van der Waals surface area contributed by atoms with Crippen LogP contribution < -0.4 is 0 Å². The van der Waals surface area contributed by atoms with Crippen LogP contribution in [-0.4, -0.2) is 17.3 Å². The first-order valence-corrected chi connectivity index (χ1v) is 4.69. The number of esters is 1. The van der Waals surface area contributed by atoms with Crippen LogP contribution in [0, 0.1) is 5.92 Å². The number of rotatable bonds is 2. The number of allylic oxidation sites excluding steroid dienone is 1. The summed E-state index contributed by atoms with van der Waals surface area (Å²) in [5, 5.41) is 2.01. The van der Waals surface area contributed by atoms with Crippen LogP contribution in [0.1, 0.15) is 13.3 Å². The highest BCUT2D eigenvalue weighted by atomic mass is 32.2. The average molecular weight is 170 g/mol. The Hall–Kier alpha value is -0.440. The predicted octanol–water partition coefficient (Wildman–Crippen LogP) is 1.57. The molecule has 2 aliphatic rings. The fourth-order valence-corrected chi connectivity index (χ4v) is 2.61. The first-order valence-electron chi connectivity index (χ1n) is 3.81. The quantitative estimate of drug-likeness (QED) is 0.588. The van der Waals surface area contributed by atoms with E-state index in [1.165, 1.54) is 0 Å². The van der Waals surface area contributed by atoms with Gasteiger partial charge in [-0.05, 0) is 18.8 Å². The van der Waals surface area contributed by atoms with Gasteiger partial charge in [0, 0.05) is 5.92 Å². The van der Waals surface area contributed by atoms with Crippen LogP contribution >= 0.6 is 11.8 Å². The van der Waals surface area contributed by atoms with Crippen molar-refractivity contribution in [3.05, 3.63) is 11.5 Å². The largest absolute Gasteiger partial charge is 0.465 e. The molecule has 0 radical (unpaired) electrons. The van der Waals surface area contributed by atoms with Crippen molar-refractivity contribution in [3.63, 3.8) is 0 Å². The Morgan fingerprint density at radius 1 is 1.91 bits per heavy atom. The van der Waals surface area contributed by atoms with Crippen LogP contribution in [0.4, 0.5) is 0 Å². The van der Waals surface area contributed by atoms with E-state index in [0.717, 1.165) is 6.42 Å². The van der Waals surface area contributed by atoms with E-state index in [-0.39, 0.29) is 10.7 Å². The van der Waals surface area contributed by atoms with Crippen molar-refractivity contribution in [1.29, 1.82) is 0 Å². The van der Waals surface area contributed by atoms with Gasteiger partial charge in [0.2, 0.25) is 0 Å². The van der Waals surface area contributed by atoms with E-state index in [1.54, 1.807) is 11.8 Å². The molecule has 1 saturated carbocycles. The number of carbonyl (C=O) groups is 1. The summed E-state index contributed by atoms with van der Waals surface area (Å²) in [5.74, 6) is 0.437. The second-order valence-electron chi connectivity index (χ2n) is 2.87. The van der Waals surface area contributed by atoms with E-state index < -0.39 is 0 Å². The maximum absolute atomic E-state index is 11.3. The average Bonchev–Trinajstić information content (AvgIpc) is 2.57. The molecule has 0 spiro atoms. The molecule has 0 aromatic heterocycles. The van der Waals surface area contributed by atoms with Gasteiger partial charge in [0.05, 0.1) is 6.61 Å². The molecular weight excluding hydrogens is 160 g/mol. The SMILES string of the molecule is CCOC(=O)C12CC1C=CS2. The molecule has 11 heavy (non-hydrogen) atoms. The molecule has 60 valence electrons. The monoisotopic (exact) mass is 170 g/mol. The van der Waals surface area contributed by atoms with Crippen LogP contribution in [0.2, 0.25) is 0 Å². The lowest BCUT2D eigenvalue weighted by Gasteiger charge is -2.08. The van der Waals surface area contributed by atoms with Crippen LogP contribution in [-0.2, 0) is 9.53 Å². The molecule has 2 rings (SSSR count). The van der Waals surface area contributed by atoms with E-state index in [4.69, 9.17) is 4.74 Å². The molecule has 0 bridgehead atoms. The van der Waals surface area contributed by atoms with Gasteiger partial charge in [0.25, 0.3) is 0 Å². The highest BCUT2D eigenvalue weighted by Gasteiger charge is 2.62. The summed E-state index contributed by atoms with van der Waals surface area (Å²) in [5.41, 5.74) is 0. The van der Waals surface area contributed by atoms with Gasteiger partial charge in [-0.25, -0.2) is 0 Å². The zero-order valence-corrected chi connectivity index (χ0v) is 7.19. The molecule has 2 unspecified atom stereocenters. The van der Waals surface area contributed by atoms with Crippen LogP contribution in [0.15, 0.2) is 11.5 Å². The fraction of sp³-hybridized carbons (Fsp3) is 0.625. The summed E-state index contributed by atoms with van der Waals surface area (Å²) in [4.78, 5) is 11.3. The number of hydrogen-bond donors (Lipinski definition) is 0. The molecular formula is C8H10O2S. The molecule has 0 saturated heterocycles. The van der Waals surface area contributed by atoms with Crippen molar-refractivity contribution in [2.45, 2.75) is 18.1 Å². The number of thioether (sulfide) groups is 1. The lowest BCUT2D eigenvalue weighted by atomic mass is 10.3. The fourth-order valence-electron chi connectivity index (χ4n) is 1.42. The Morgan fingerprint density at radius 2 is 2.73 bits per heavy atom. The molecule has 1 aliphatic carbocycles. The molecule has 1 heterocycles. The number of hydrogen-bond acceptors (Lipinski definition) is 3. The van der Waals surface area contributed by atoms with Gasteiger partial charge in [-0.1, -0.05) is 6.08 Å². The Morgan fingerprint density at radius 3 is 3.18 bits per heavy atom. The molecule has 3 heteroatoms. The van der Waals surface area contributed by atoms with Gasteiger partial charge >= 0.3 is 5.97 Å². The third-order valence-corrected chi connectivity index (χ3v) is 3.52. The first kappa shape index (κ1) is 7.22. The summed E-state index contributed by atoms with van der Waals surface area (Å²) in [6, 6.07) is 0. The van der Waals surface area contributed by atoms with E-state index in [0.29, 0.717) is 12.5 Å². The normalized spacial score (nSPS) is 38.5. The minimum absolute atomic E-state index is 0.0278. The Balaban J connectivity index is 2.02. The topological polar surface area (TPSA) is 26.3 Å². The highest BCUT2D eigenvalue weighted by Crippen LogP contribution is 2.60. The van der Waals surface area contributed by atoms with Crippen molar-refractivity contribution in [1.82, 2.24) is 0 Å². The Kier molecular flexibility index (Phi) is 1.49. The van der Waals surface area contributed by atoms with Gasteiger partial charge in [0.1, 0.15) is 4.75 Å². The summed E-state index contributed by atoms with van der Waals surface area (Å²) >= 11 is 1.61. The maximum Gasteiger partial charge on any atom is 0.323 e. The zero-order valence-electron chi connectivity index (χ0n) is 6.37. The van der Waals surface area contributed by atoms with Crippen molar-refractivity contribution in [3.8, 4) is 0 Å². The van der Waals surface area contributed by atoms with E-state index in [9.17, 15) is 4.79 Å². The van der Waals surface area contributed by atoms with Crippen molar-refractivity contribution < 1.29 is 9.53 Å². The molecule has 2 atom stereocenters. The maximum atomic E-state index is 11.3. The highest BCUT2D eigenvalue weighted by molar-refractivity contribution is 8.04. The summed E-state index contributed by atoms with van der Waals surface area (Å²) in [7, 11) is 0. The lowest BCUT2D eigenvalue weighted by molar-refractivity contribution is -0.143. The third-order valence-electron chi connectivity index (χ3n) is 2.17. The molecule has 0 N–H and O–H groups in total. The smallest absolute Gasteiger partial charge is 0.323 e. The van der Waals surface area contributed by atoms with Gasteiger partial charge in [-0.2, -0.15) is 0 Å². The van der Waals surface area contributed by atoms with Crippen molar-refractivity contribution >= 4 is 17.7 Å². The zero-order chi connectivity index (χ0) is 7.90. The Bertz CT molecular complexity index is 224. The minimum atomic E-state index is -0.185. The lowest BCUT2D eigenvalue weighted by Crippen LogP contribution is -2.21. The van der Waals surface area contributed by atoms with E-state index in [1.807, 2.05) is 12.3 Å². The number of fused-ring (bicyclic) bond motifs is 1. The third kappa shape index (κ3) is 0.906. The second-order valence-corrected chi connectivity index (χ2v) is 4.10. The van der Waals surface area contributed by atoms with E-state index >= 15 is 0 Å². The first-order chi connectivity index (χ1) is 5.29. The number of ether oxygens (including phenoxy) is 1. The molecule has 0 aromatic rings. The summed E-state index contributed by atoms with van der Waals surface area (Å²) in [6.45, 7) is 2.34. The van der Waals surface area contributed by atoms with Crippen molar-refractivity contribution in [2.24, 2.45) is 5.92 Å². The van der Waals surface area contributed by atoms with Crippen LogP contribution in [0.3, 0.4) is 0 Å². The molecule has 0 amide bonds. The predicted molar refractivity (Wildman–Crippen MR) is 44.2 cm³/mol. The standard InChI is InChI=1S/C8H10O2S/c1-2-10-7(9)8-5-6(8)3-4-11-8/h3-4,6H,2,5H2,1H3. The van der Waals surface area contributed by atoms with Crippen LogP contribution in [0.25, 0.3) is 0 Å². The van der Waals surface area contributed by atoms with Gasteiger partial charge < -0.3 is 4.74 Å². The Labute approximate surface area is 70.0 Å². The van der Waals surface area contributed by atoms with Crippen molar-refractivity contribution in [2.75, 3.05) is 6.61 Å². The van der Waals surface area contributed by atoms with Gasteiger partial charge in [0.15, 0.2) is 0 Å². The molecule has 0 aromatic carbocycles. The molecule has 1 aliphatic heterocycles. The van der Waals surface area contributed by atoms with Gasteiger partial charge in [-0.15, -0.1) is 11.8 Å². The number of carbonyl (C=O) groups excluding carboxylic acids is 1. The molecule has 1 fully saturated rings.